The standard InChI is InChI=1S/C12H22F3NO/c1-2-10-3-4-11(7-10,8-16)5-6-17-9-12(13,14)15/h10H,2-9,16H2,1H3. The van der Waals surface area contributed by atoms with E-state index >= 15 is 0 Å². The first-order chi connectivity index (χ1) is 7.91. The first-order valence-electron chi connectivity index (χ1n) is 6.25. The maximum Gasteiger partial charge on any atom is 0.411 e. The average molecular weight is 253 g/mol. The number of hydrogen-bond acceptors (Lipinski definition) is 2. The van der Waals surface area contributed by atoms with Crippen molar-refractivity contribution >= 4 is 0 Å². The van der Waals surface area contributed by atoms with Crippen molar-refractivity contribution in [1.29, 1.82) is 0 Å². The van der Waals surface area contributed by atoms with E-state index < -0.39 is 12.8 Å². The number of ether oxygens (including phenoxy) is 1. The first kappa shape index (κ1) is 14.8. The normalized spacial score (nSPS) is 29.8. The van der Waals surface area contributed by atoms with E-state index in [1.807, 2.05) is 0 Å². The lowest BCUT2D eigenvalue weighted by molar-refractivity contribution is -0.175. The van der Waals surface area contributed by atoms with Gasteiger partial charge in [-0.15, -0.1) is 0 Å². The van der Waals surface area contributed by atoms with Crippen molar-refractivity contribution in [2.24, 2.45) is 17.1 Å². The Morgan fingerprint density at radius 1 is 1.41 bits per heavy atom. The van der Waals surface area contributed by atoms with Crippen LogP contribution in [0.3, 0.4) is 0 Å². The van der Waals surface area contributed by atoms with Crippen LogP contribution in [0, 0.1) is 11.3 Å². The molecule has 0 aromatic rings. The Kier molecular flexibility index (Phi) is 5.25. The SMILES string of the molecule is CCC1CCC(CN)(CCOCC(F)(F)F)C1. The molecule has 17 heavy (non-hydrogen) atoms. The average Bonchev–Trinajstić information content (AvgIpc) is 2.68. The Labute approximate surface area is 101 Å². The number of alkyl halides is 3. The van der Waals surface area contributed by atoms with Crippen LogP contribution in [0.2, 0.25) is 0 Å². The van der Waals surface area contributed by atoms with Gasteiger partial charge in [-0.1, -0.05) is 13.3 Å². The van der Waals surface area contributed by atoms with Crippen LogP contribution in [0.1, 0.15) is 39.0 Å². The molecule has 0 aliphatic heterocycles. The van der Waals surface area contributed by atoms with Crippen molar-refractivity contribution in [2.45, 2.75) is 45.2 Å². The molecular formula is C12H22F3NO. The quantitative estimate of drug-likeness (QED) is 0.738. The highest BCUT2D eigenvalue weighted by atomic mass is 19.4. The van der Waals surface area contributed by atoms with E-state index in [4.69, 9.17) is 5.73 Å². The van der Waals surface area contributed by atoms with Gasteiger partial charge in [0.25, 0.3) is 0 Å². The second-order valence-electron chi connectivity index (χ2n) is 5.14. The minimum Gasteiger partial charge on any atom is -0.372 e. The van der Waals surface area contributed by atoms with E-state index in [-0.39, 0.29) is 12.0 Å². The van der Waals surface area contributed by atoms with Crippen molar-refractivity contribution in [3.8, 4) is 0 Å². The zero-order chi connectivity index (χ0) is 12.9. The van der Waals surface area contributed by atoms with Crippen molar-refractivity contribution in [3.05, 3.63) is 0 Å². The molecule has 2 atom stereocenters. The molecule has 1 rings (SSSR count). The molecule has 0 amide bonds. The van der Waals surface area contributed by atoms with E-state index in [9.17, 15) is 13.2 Å². The van der Waals surface area contributed by atoms with Crippen molar-refractivity contribution in [2.75, 3.05) is 19.8 Å². The van der Waals surface area contributed by atoms with Gasteiger partial charge in [-0.2, -0.15) is 13.2 Å². The fourth-order valence-electron chi connectivity index (χ4n) is 2.67. The molecule has 0 bridgehead atoms. The summed E-state index contributed by atoms with van der Waals surface area (Å²) >= 11 is 0. The van der Waals surface area contributed by atoms with Crippen LogP contribution in [0.5, 0.6) is 0 Å². The molecule has 1 fully saturated rings. The van der Waals surface area contributed by atoms with Gasteiger partial charge < -0.3 is 10.5 Å². The van der Waals surface area contributed by atoms with Crippen LogP contribution in [0.25, 0.3) is 0 Å². The minimum absolute atomic E-state index is 0.0201. The summed E-state index contributed by atoms with van der Waals surface area (Å²) in [5.41, 5.74) is 5.80. The third-order valence-electron chi connectivity index (χ3n) is 3.86. The molecule has 1 aliphatic carbocycles. The van der Waals surface area contributed by atoms with Gasteiger partial charge in [-0.3, -0.25) is 0 Å². The maximum atomic E-state index is 11.9. The molecule has 0 aromatic carbocycles. The third-order valence-corrected chi connectivity index (χ3v) is 3.86. The molecule has 102 valence electrons. The predicted octanol–water partition coefficient (Wildman–Crippen LogP) is 3.11. The lowest BCUT2D eigenvalue weighted by atomic mass is 9.82. The van der Waals surface area contributed by atoms with E-state index in [0.29, 0.717) is 18.9 Å². The molecule has 0 spiro atoms. The van der Waals surface area contributed by atoms with Gasteiger partial charge >= 0.3 is 6.18 Å². The molecule has 2 unspecified atom stereocenters. The molecule has 0 radical (unpaired) electrons. The van der Waals surface area contributed by atoms with Crippen LogP contribution in [0.4, 0.5) is 13.2 Å². The molecule has 1 aliphatic rings. The van der Waals surface area contributed by atoms with Gasteiger partial charge in [0.1, 0.15) is 6.61 Å². The molecule has 0 heterocycles. The molecule has 1 saturated carbocycles. The summed E-state index contributed by atoms with van der Waals surface area (Å²) in [6, 6.07) is 0. The topological polar surface area (TPSA) is 35.2 Å². The molecular weight excluding hydrogens is 231 g/mol. The smallest absolute Gasteiger partial charge is 0.372 e. The largest absolute Gasteiger partial charge is 0.411 e. The van der Waals surface area contributed by atoms with Crippen molar-refractivity contribution in [3.63, 3.8) is 0 Å². The van der Waals surface area contributed by atoms with Crippen LogP contribution < -0.4 is 5.73 Å². The molecule has 2 N–H and O–H groups in total. The van der Waals surface area contributed by atoms with Gasteiger partial charge in [0.2, 0.25) is 0 Å². The molecule has 0 aromatic heterocycles. The summed E-state index contributed by atoms with van der Waals surface area (Å²) in [4.78, 5) is 0. The van der Waals surface area contributed by atoms with Gasteiger partial charge in [0.05, 0.1) is 0 Å². The Bertz CT molecular complexity index is 232. The first-order valence-corrected chi connectivity index (χ1v) is 6.25. The van der Waals surface area contributed by atoms with E-state index in [2.05, 4.69) is 11.7 Å². The van der Waals surface area contributed by atoms with E-state index in [1.54, 1.807) is 0 Å². The summed E-state index contributed by atoms with van der Waals surface area (Å²) in [6.07, 6.45) is 0.762. The van der Waals surface area contributed by atoms with Crippen LogP contribution in [-0.4, -0.2) is 25.9 Å². The minimum atomic E-state index is -4.22. The van der Waals surface area contributed by atoms with Gasteiger partial charge in [0.15, 0.2) is 0 Å². The van der Waals surface area contributed by atoms with Gasteiger partial charge in [0, 0.05) is 6.61 Å². The van der Waals surface area contributed by atoms with E-state index in [1.165, 1.54) is 0 Å². The number of halogens is 3. The highest BCUT2D eigenvalue weighted by molar-refractivity contribution is 4.89. The second-order valence-corrected chi connectivity index (χ2v) is 5.14. The lowest BCUT2D eigenvalue weighted by Crippen LogP contribution is -2.30. The molecule has 2 nitrogen and oxygen atoms in total. The highest BCUT2D eigenvalue weighted by Gasteiger charge is 2.37. The lowest BCUT2D eigenvalue weighted by Gasteiger charge is -2.27. The highest BCUT2D eigenvalue weighted by Crippen LogP contribution is 2.44. The fourth-order valence-corrected chi connectivity index (χ4v) is 2.67. The summed E-state index contributed by atoms with van der Waals surface area (Å²) in [5, 5.41) is 0. The Morgan fingerprint density at radius 2 is 2.12 bits per heavy atom. The summed E-state index contributed by atoms with van der Waals surface area (Å²) in [6.45, 7) is 1.72. The van der Waals surface area contributed by atoms with Gasteiger partial charge in [-0.25, -0.2) is 0 Å². The van der Waals surface area contributed by atoms with E-state index in [0.717, 1.165) is 25.7 Å². The van der Waals surface area contributed by atoms with Crippen LogP contribution in [-0.2, 0) is 4.74 Å². The zero-order valence-corrected chi connectivity index (χ0v) is 10.4. The fraction of sp³-hybridized carbons (Fsp3) is 1.00. The third kappa shape index (κ3) is 4.84. The Balaban J connectivity index is 2.28. The molecule has 5 heteroatoms. The maximum absolute atomic E-state index is 11.9. The van der Waals surface area contributed by atoms with Crippen molar-refractivity contribution < 1.29 is 17.9 Å². The summed E-state index contributed by atoms with van der Waals surface area (Å²) in [7, 11) is 0. The number of nitrogens with two attached hydrogens (primary N) is 1. The summed E-state index contributed by atoms with van der Waals surface area (Å²) < 4.78 is 40.4. The predicted molar refractivity (Wildman–Crippen MR) is 60.6 cm³/mol. The number of hydrogen-bond donors (Lipinski definition) is 1. The monoisotopic (exact) mass is 253 g/mol. The van der Waals surface area contributed by atoms with Crippen molar-refractivity contribution in [1.82, 2.24) is 0 Å². The van der Waals surface area contributed by atoms with Crippen LogP contribution >= 0.6 is 0 Å². The number of rotatable bonds is 6. The summed E-state index contributed by atoms with van der Waals surface area (Å²) in [5.74, 6) is 0.682. The second kappa shape index (κ2) is 6.05. The Morgan fingerprint density at radius 3 is 2.59 bits per heavy atom. The van der Waals surface area contributed by atoms with Gasteiger partial charge in [-0.05, 0) is 43.6 Å². The molecule has 0 saturated heterocycles. The zero-order valence-electron chi connectivity index (χ0n) is 10.4. The Hall–Kier alpha value is -0.290. The van der Waals surface area contributed by atoms with Crippen LogP contribution in [0.15, 0.2) is 0 Å².